The van der Waals surface area contributed by atoms with Crippen LogP contribution in [0.4, 0.5) is 5.69 Å². The molecule has 0 spiro atoms. The SMILES string of the molecule is N#Cc1ccnc(OC2CCCCC2N)c1[N+](=O)[O-]. The van der Waals surface area contributed by atoms with Crippen LogP contribution in [-0.2, 0) is 0 Å². The second-order valence-electron chi connectivity index (χ2n) is 4.49. The standard InChI is InChI=1S/C12H14N4O3/c13-7-8-5-6-15-12(11(8)16(17)18)19-10-4-2-1-3-9(10)14/h5-6,9-10H,1-4,14H2. The molecule has 1 aromatic rings. The van der Waals surface area contributed by atoms with Gasteiger partial charge < -0.3 is 10.5 Å². The van der Waals surface area contributed by atoms with Crippen LogP contribution in [0.5, 0.6) is 5.88 Å². The summed E-state index contributed by atoms with van der Waals surface area (Å²) in [6, 6.07) is 2.92. The van der Waals surface area contributed by atoms with Gasteiger partial charge in [-0.3, -0.25) is 10.1 Å². The molecular weight excluding hydrogens is 248 g/mol. The molecule has 0 aromatic carbocycles. The maximum atomic E-state index is 11.0. The third-order valence-electron chi connectivity index (χ3n) is 3.21. The van der Waals surface area contributed by atoms with Crippen molar-refractivity contribution in [3.8, 4) is 11.9 Å². The van der Waals surface area contributed by atoms with Crippen molar-refractivity contribution in [1.29, 1.82) is 5.26 Å². The molecular formula is C12H14N4O3. The number of ether oxygens (including phenoxy) is 1. The van der Waals surface area contributed by atoms with Crippen molar-refractivity contribution in [3.63, 3.8) is 0 Å². The fraction of sp³-hybridized carbons (Fsp3) is 0.500. The lowest BCUT2D eigenvalue weighted by atomic mass is 9.93. The first kappa shape index (κ1) is 13.2. The number of nitro groups is 1. The zero-order valence-corrected chi connectivity index (χ0v) is 10.3. The number of nitrogens with two attached hydrogens (primary N) is 1. The molecule has 2 atom stereocenters. The zero-order chi connectivity index (χ0) is 13.8. The number of rotatable bonds is 3. The van der Waals surface area contributed by atoms with E-state index in [1.54, 1.807) is 6.07 Å². The molecule has 1 saturated carbocycles. The predicted octanol–water partition coefficient (Wildman–Crippen LogP) is 1.51. The number of hydrogen-bond acceptors (Lipinski definition) is 6. The molecule has 2 unspecified atom stereocenters. The molecule has 1 heterocycles. The monoisotopic (exact) mass is 262 g/mol. The van der Waals surface area contributed by atoms with Gasteiger partial charge in [-0.2, -0.15) is 5.26 Å². The van der Waals surface area contributed by atoms with Crippen LogP contribution in [0.15, 0.2) is 12.3 Å². The van der Waals surface area contributed by atoms with Crippen molar-refractivity contribution < 1.29 is 9.66 Å². The topological polar surface area (TPSA) is 115 Å². The lowest BCUT2D eigenvalue weighted by molar-refractivity contribution is -0.386. The molecule has 0 bridgehead atoms. The molecule has 7 nitrogen and oxygen atoms in total. The molecule has 100 valence electrons. The second-order valence-corrected chi connectivity index (χ2v) is 4.49. The van der Waals surface area contributed by atoms with Gasteiger partial charge in [0.05, 0.1) is 4.92 Å². The van der Waals surface area contributed by atoms with Crippen molar-refractivity contribution >= 4 is 5.69 Å². The number of nitriles is 1. The summed E-state index contributed by atoms with van der Waals surface area (Å²) in [6.07, 6.45) is 4.63. The van der Waals surface area contributed by atoms with Crippen LogP contribution in [-0.4, -0.2) is 22.1 Å². The van der Waals surface area contributed by atoms with E-state index in [1.807, 2.05) is 0 Å². The molecule has 0 saturated heterocycles. The third kappa shape index (κ3) is 2.80. The summed E-state index contributed by atoms with van der Waals surface area (Å²) in [5.41, 5.74) is 5.49. The summed E-state index contributed by atoms with van der Waals surface area (Å²) < 4.78 is 5.57. The van der Waals surface area contributed by atoms with Gasteiger partial charge >= 0.3 is 5.69 Å². The molecule has 1 aliphatic rings. The molecule has 1 aromatic heterocycles. The third-order valence-corrected chi connectivity index (χ3v) is 3.21. The van der Waals surface area contributed by atoms with Crippen LogP contribution in [0.2, 0.25) is 0 Å². The fourth-order valence-electron chi connectivity index (χ4n) is 2.20. The molecule has 0 radical (unpaired) electrons. The van der Waals surface area contributed by atoms with Crippen LogP contribution in [0.25, 0.3) is 0 Å². The Balaban J connectivity index is 2.29. The van der Waals surface area contributed by atoms with Gasteiger partial charge in [-0.05, 0) is 25.3 Å². The Bertz CT molecular complexity index is 526. The highest BCUT2D eigenvalue weighted by Gasteiger charge is 2.29. The predicted molar refractivity (Wildman–Crippen MR) is 66.5 cm³/mol. The summed E-state index contributed by atoms with van der Waals surface area (Å²) in [7, 11) is 0. The first-order chi connectivity index (χ1) is 9.13. The quantitative estimate of drug-likeness (QED) is 0.652. The summed E-state index contributed by atoms with van der Waals surface area (Å²) in [5.74, 6) is -0.119. The van der Waals surface area contributed by atoms with E-state index in [1.165, 1.54) is 12.3 Å². The lowest BCUT2D eigenvalue weighted by Crippen LogP contribution is -2.41. The zero-order valence-electron chi connectivity index (χ0n) is 10.3. The van der Waals surface area contributed by atoms with Gasteiger partial charge in [-0.1, -0.05) is 6.42 Å². The molecule has 19 heavy (non-hydrogen) atoms. The number of nitrogens with zero attached hydrogens (tertiary/aromatic N) is 3. The normalized spacial score (nSPS) is 22.5. The maximum absolute atomic E-state index is 11.0. The smallest absolute Gasteiger partial charge is 0.348 e. The highest BCUT2D eigenvalue weighted by atomic mass is 16.6. The van der Waals surface area contributed by atoms with Crippen molar-refractivity contribution in [2.75, 3.05) is 0 Å². The van der Waals surface area contributed by atoms with Crippen LogP contribution in [0.3, 0.4) is 0 Å². The Hall–Kier alpha value is -2.20. The summed E-state index contributed by atoms with van der Waals surface area (Å²) in [6.45, 7) is 0. The first-order valence-corrected chi connectivity index (χ1v) is 6.09. The minimum atomic E-state index is -0.644. The van der Waals surface area contributed by atoms with Crippen molar-refractivity contribution in [2.24, 2.45) is 5.73 Å². The highest BCUT2D eigenvalue weighted by molar-refractivity contribution is 5.54. The van der Waals surface area contributed by atoms with Gasteiger partial charge in [0.2, 0.25) is 0 Å². The van der Waals surface area contributed by atoms with Crippen LogP contribution in [0, 0.1) is 21.4 Å². The highest BCUT2D eigenvalue weighted by Crippen LogP contribution is 2.31. The Morgan fingerprint density at radius 2 is 2.26 bits per heavy atom. The number of aromatic nitrogens is 1. The molecule has 0 amide bonds. The minimum Gasteiger partial charge on any atom is -0.468 e. The van der Waals surface area contributed by atoms with Gasteiger partial charge in [0.1, 0.15) is 17.7 Å². The van der Waals surface area contributed by atoms with E-state index in [9.17, 15) is 10.1 Å². The first-order valence-electron chi connectivity index (χ1n) is 6.09. The minimum absolute atomic E-state index is 0.0561. The largest absolute Gasteiger partial charge is 0.468 e. The van der Waals surface area contributed by atoms with E-state index in [4.69, 9.17) is 15.7 Å². The summed E-state index contributed by atoms with van der Waals surface area (Å²) in [4.78, 5) is 14.3. The average Bonchev–Trinajstić information content (AvgIpc) is 2.40. The van der Waals surface area contributed by atoms with E-state index in [0.717, 1.165) is 25.7 Å². The van der Waals surface area contributed by atoms with E-state index >= 15 is 0 Å². The van der Waals surface area contributed by atoms with Crippen molar-refractivity contribution in [2.45, 2.75) is 37.8 Å². The van der Waals surface area contributed by atoms with Gasteiger partial charge in [0.25, 0.3) is 5.88 Å². The van der Waals surface area contributed by atoms with Gasteiger partial charge in [-0.25, -0.2) is 4.98 Å². The Morgan fingerprint density at radius 3 is 2.89 bits per heavy atom. The Kier molecular flexibility index (Phi) is 3.92. The summed E-state index contributed by atoms with van der Waals surface area (Å²) in [5, 5.41) is 19.9. The molecule has 0 aliphatic heterocycles. The van der Waals surface area contributed by atoms with Gasteiger partial charge in [0, 0.05) is 12.2 Å². The maximum Gasteiger partial charge on any atom is 0.348 e. The fourth-order valence-corrected chi connectivity index (χ4v) is 2.20. The molecule has 7 heteroatoms. The van der Waals surface area contributed by atoms with Crippen molar-refractivity contribution in [1.82, 2.24) is 4.98 Å². The lowest BCUT2D eigenvalue weighted by Gasteiger charge is -2.28. The molecule has 1 aliphatic carbocycles. The average molecular weight is 262 g/mol. The number of hydrogen-bond donors (Lipinski definition) is 1. The molecule has 1 fully saturated rings. The molecule has 2 rings (SSSR count). The number of pyridine rings is 1. The summed E-state index contributed by atoms with van der Waals surface area (Å²) >= 11 is 0. The van der Waals surface area contributed by atoms with Crippen LogP contribution in [0.1, 0.15) is 31.2 Å². The van der Waals surface area contributed by atoms with Crippen molar-refractivity contribution in [3.05, 3.63) is 27.9 Å². The van der Waals surface area contributed by atoms with E-state index < -0.39 is 4.92 Å². The Morgan fingerprint density at radius 1 is 1.53 bits per heavy atom. The van der Waals surface area contributed by atoms with E-state index in [2.05, 4.69) is 4.98 Å². The second kappa shape index (κ2) is 5.63. The molecule has 2 N–H and O–H groups in total. The van der Waals surface area contributed by atoms with E-state index in [-0.39, 0.29) is 29.3 Å². The van der Waals surface area contributed by atoms with Gasteiger partial charge in [-0.15, -0.1) is 0 Å². The Labute approximate surface area is 110 Å². The van der Waals surface area contributed by atoms with E-state index in [0.29, 0.717) is 0 Å². The van der Waals surface area contributed by atoms with Gasteiger partial charge in [0.15, 0.2) is 0 Å². The van der Waals surface area contributed by atoms with Crippen LogP contribution < -0.4 is 10.5 Å². The van der Waals surface area contributed by atoms with Crippen LogP contribution >= 0.6 is 0 Å².